The van der Waals surface area contributed by atoms with Crippen LogP contribution >= 0.6 is 11.5 Å². The zero-order chi connectivity index (χ0) is 25.8. The second-order valence-corrected chi connectivity index (χ2v) is 11.0. The van der Waals surface area contributed by atoms with Crippen molar-refractivity contribution >= 4 is 28.5 Å². The molecule has 1 aliphatic carbocycles. The lowest BCUT2D eigenvalue weighted by Gasteiger charge is -2.31. The number of piperazine rings is 1. The van der Waals surface area contributed by atoms with Crippen molar-refractivity contribution < 1.29 is 13.9 Å². The first kappa shape index (κ1) is 25.7. The maximum atomic E-state index is 13.3. The second-order valence-electron chi connectivity index (χ2n) is 10.1. The Morgan fingerprint density at radius 3 is 2.81 bits per heavy atom. The van der Waals surface area contributed by atoms with Gasteiger partial charge in [0.15, 0.2) is 0 Å². The normalized spacial score (nSPS) is 17.6. The monoisotopic (exact) mass is 528 g/mol. The third-order valence-corrected chi connectivity index (χ3v) is 7.76. The molecular weight excluding hydrogens is 495 g/mol. The molecule has 1 saturated heterocycles. The van der Waals surface area contributed by atoms with Crippen LogP contribution in [-0.2, 0) is 22.7 Å². The van der Waals surface area contributed by atoms with Crippen molar-refractivity contribution in [3.05, 3.63) is 35.9 Å². The Morgan fingerprint density at radius 1 is 1.24 bits per heavy atom. The van der Waals surface area contributed by atoms with Crippen LogP contribution in [0.2, 0.25) is 0 Å². The van der Waals surface area contributed by atoms with E-state index in [1.165, 1.54) is 11.5 Å². The number of ether oxygens (including phenoxy) is 1. The molecule has 0 spiro atoms. The minimum atomic E-state index is -0.310. The standard InChI is InChI=1S/C25H33FN8O2S/c1-18-12-27-24(30-23(18)19-13-28-34(14-19)17-25(16-26)4-5-25)29-21-11-20(31-37-21)15-36-22(35)3-6-33-9-7-32(2)8-10-33/h11-14H,3-10,15-17H2,1-2H3,(H,27,29,30). The number of nitrogens with one attached hydrogen (secondary N) is 1. The largest absolute Gasteiger partial charge is 0.459 e. The molecule has 0 radical (unpaired) electrons. The number of esters is 1. The van der Waals surface area contributed by atoms with Gasteiger partial charge >= 0.3 is 5.97 Å². The van der Waals surface area contributed by atoms with Gasteiger partial charge in [-0.1, -0.05) is 0 Å². The SMILES string of the molecule is Cc1cnc(Nc2cc(COC(=O)CCN3CCN(C)CC3)ns2)nc1-c1cnn(CC2(CF)CC2)c1. The van der Waals surface area contributed by atoms with E-state index in [-0.39, 0.29) is 24.7 Å². The Morgan fingerprint density at radius 2 is 2.05 bits per heavy atom. The summed E-state index contributed by atoms with van der Waals surface area (Å²) in [6, 6.07) is 1.84. The Hall–Kier alpha value is -2.96. The highest BCUT2D eigenvalue weighted by Gasteiger charge is 2.43. The van der Waals surface area contributed by atoms with Gasteiger partial charge in [0.1, 0.15) is 11.6 Å². The molecule has 37 heavy (non-hydrogen) atoms. The molecule has 3 aromatic heterocycles. The quantitative estimate of drug-likeness (QED) is 0.376. The van der Waals surface area contributed by atoms with Gasteiger partial charge in [0.2, 0.25) is 5.95 Å². The minimum absolute atomic E-state index is 0.138. The van der Waals surface area contributed by atoms with E-state index in [0.717, 1.165) is 67.4 Å². The molecule has 5 rings (SSSR count). The zero-order valence-corrected chi connectivity index (χ0v) is 22.1. The van der Waals surface area contributed by atoms with Crippen LogP contribution in [0.1, 0.15) is 30.5 Å². The number of anilines is 2. The van der Waals surface area contributed by atoms with Crippen molar-refractivity contribution in [3.8, 4) is 11.3 Å². The van der Waals surface area contributed by atoms with Crippen LogP contribution in [0.5, 0.6) is 0 Å². The number of likely N-dealkylation sites (N-methyl/N-ethyl adjacent to an activating group) is 1. The molecule has 3 aromatic rings. The molecule has 2 aliphatic rings. The Bertz CT molecular complexity index is 1220. The third kappa shape index (κ3) is 6.68. The van der Waals surface area contributed by atoms with E-state index < -0.39 is 0 Å². The molecule has 0 atom stereocenters. The first-order valence-corrected chi connectivity index (χ1v) is 13.4. The van der Waals surface area contributed by atoms with Crippen LogP contribution in [0.4, 0.5) is 15.3 Å². The molecule has 2 fully saturated rings. The van der Waals surface area contributed by atoms with E-state index in [2.05, 4.69) is 41.6 Å². The highest BCUT2D eigenvalue weighted by molar-refractivity contribution is 7.10. The first-order chi connectivity index (χ1) is 17.9. The predicted octanol–water partition coefficient (Wildman–Crippen LogP) is 3.28. The summed E-state index contributed by atoms with van der Waals surface area (Å²) in [6.07, 6.45) is 7.63. The van der Waals surface area contributed by atoms with Gasteiger partial charge < -0.3 is 19.9 Å². The van der Waals surface area contributed by atoms with Crippen LogP contribution in [-0.4, -0.2) is 86.3 Å². The molecular formula is C25H33FN8O2S. The van der Waals surface area contributed by atoms with Crippen LogP contribution in [0.25, 0.3) is 11.3 Å². The van der Waals surface area contributed by atoms with Crippen LogP contribution in [0.3, 0.4) is 0 Å². The lowest BCUT2D eigenvalue weighted by Crippen LogP contribution is -2.45. The van der Waals surface area contributed by atoms with Crippen molar-refractivity contribution in [2.24, 2.45) is 5.41 Å². The fraction of sp³-hybridized carbons (Fsp3) is 0.560. The fourth-order valence-electron chi connectivity index (χ4n) is 4.32. The molecule has 4 heterocycles. The van der Waals surface area contributed by atoms with Gasteiger partial charge in [0.05, 0.1) is 30.7 Å². The average Bonchev–Trinajstić information content (AvgIpc) is 3.28. The molecule has 12 heteroatoms. The molecule has 0 aromatic carbocycles. The number of hydrogen-bond acceptors (Lipinski definition) is 10. The van der Waals surface area contributed by atoms with Gasteiger partial charge in [-0.25, -0.2) is 9.97 Å². The smallest absolute Gasteiger partial charge is 0.307 e. The molecule has 1 saturated carbocycles. The lowest BCUT2D eigenvalue weighted by molar-refractivity contribution is -0.145. The van der Waals surface area contributed by atoms with Gasteiger partial charge in [-0.3, -0.25) is 13.9 Å². The summed E-state index contributed by atoms with van der Waals surface area (Å²) in [5.41, 5.74) is 3.00. The van der Waals surface area contributed by atoms with Gasteiger partial charge in [-0.2, -0.15) is 9.47 Å². The topological polar surface area (TPSA) is 101 Å². The van der Waals surface area contributed by atoms with Crippen molar-refractivity contribution in [2.75, 3.05) is 51.8 Å². The third-order valence-electron chi connectivity index (χ3n) is 7.02. The number of aryl methyl sites for hydroxylation is 1. The lowest BCUT2D eigenvalue weighted by atomic mass is 10.1. The van der Waals surface area contributed by atoms with Crippen molar-refractivity contribution in [1.82, 2.24) is 33.9 Å². The Kier molecular flexibility index (Phi) is 7.77. The molecule has 1 N–H and O–H groups in total. The number of carbonyl (C=O) groups excluding carboxylic acids is 1. The van der Waals surface area contributed by atoms with E-state index in [1.54, 1.807) is 17.1 Å². The maximum Gasteiger partial charge on any atom is 0.307 e. The summed E-state index contributed by atoms with van der Waals surface area (Å²) < 4.78 is 24.9. The first-order valence-electron chi connectivity index (χ1n) is 12.6. The van der Waals surface area contributed by atoms with E-state index in [1.807, 2.05) is 19.2 Å². The van der Waals surface area contributed by atoms with Crippen LogP contribution in [0, 0.1) is 12.3 Å². The van der Waals surface area contributed by atoms with Crippen LogP contribution in [0.15, 0.2) is 24.7 Å². The highest BCUT2D eigenvalue weighted by atomic mass is 32.1. The summed E-state index contributed by atoms with van der Waals surface area (Å²) in [6.45, 7) is 7.10. The molecule has 10 nitrogen and oxygen atoms in total. The maximum absolute atomic E-state index is 13.3. The summed E-state index contributed by atoms with van der Waals surface area (Å²) in [5, 5.41) is 8.36. The van der Waals surface area contributed by atoms with Crippen LogP contribution < -0.4 is 5.32 Å². The van der Waals surface area contributed by atoms with Gasteiger partial charge in [-0.05, 0) is 50.0 Å². The Labute approximate surface area is 220 Å². The highest BCUT2D eigenvalue weighted by Crippen LogP contribution is 2.47. The number of rotatable bonds is 11. The summed E-state index contributed by atoms with van der Waals surface area (Å²) in [4.78, 5) is 25.8. The number of hydrogen-bond donors (Lipinski definition) is 1. The van der Waals surface area contributed by atoms with Crippen molar-refractivity contribution in [2.45, 2.75) is 39.3 Å². The number of nitrogens with zero attached hydrogens (tertiary/aromatic N) is 7. The van der Waals surface area contributed by atoms with Gasteiger partial charge in [0.25, 0.3) is 0 Å². The second kappa shape index (κ2) is 11.2. The molecule has 0 unspecified atom stereocenters. The summed E-state index contributed by atoms with van der Waals surface area (Å²) >= 11 is 1.26. The van der Waals surface area contributed by atoms with Crippen molar-refractivity contribution in [1.29, 1.82) is 0 Å². The number of halogens is 1. The number of carbonyl (C=O) groups is 1. The van der Waals surface area contributed by atoms with Gasteiger partial charge in [0, 0.05) is 62.6 Å². The average molecular weight is 529 g/mol. The zero-order valence-electron chi connectivity index (χ0n) is 21.3. The van der Waals surface area contributed by atoms with Gasteiger partial charge in [-0.15, -0.1) is 0 Å². The van der Waals surface area contributed by atoms with E-state index in [9.17, 15) is 9.18 Å². The van der Waals surface area contributed by atoms with Crippen molar-refractivity contribution in [3.63, 3.8) is 0 Å². The predicted molar refractivity (Wildman–Crippen MR) is 139 cm³/mol. The number of aromatic nitrogens is 5. The minimum Gasteiger partial charge on any atom is -0.459 e. The van der Waals surface area contributed by atoms with E-state index >= 15 is 0 Å². The van der Waals surface area contributed by atoms with E-state index in [4.69, 9.17) is 4.74 Å². The fourth-order valence-corrected chi connectivity index (χ4v) is 4.96. The Balaban J connectivity index is 1.13. The molecule has 0 bridgehead atoms. The molecule has 198 valence electrons. The summed E-state index contributed by atoms with van der Waals surface area (Å²) in [7, 11) is 2.11. The molecule has 1 aliphatic heterocycles. The summed E-state index contributed by atoms with van der Waals surface area (Å²) in [5.74, 6) is 0.225. The molecule has 0 amide bonds. The van der Waals surface area contributed by atoms with E-state index in [0.29, 0.717) is 24.6 Å². The number of alkyl halides is 1.